The molecule has 0 bridgehead atoms. The van der Waals surface area contributed by atoms with Gasteiger partial charge in [0, 0.05) is 0 Å². The quantitative estimate of drug-likeness (QED) is 0.576. The summed E-state index contributed by atoms with van der Waals surface area (Å²) in [6.45, 7) is 2.52. The van der Waals surface area contributed by atoms with Crippen LogP contribution in [0.1, 0.15) is 11.1 Å². The molecule has 0 heterocycles. The summed E-state index contributed by atoms with van der Waals surface area (Å²) >= 11 is 0. The van der Waals surface area contributed by atoms with Gasteiger partial charge in [-0.05, 0) is 0 Å². The van der Waals surface area contributed by atoms with Gasteiger partial charge in [-0.15, -0.1) is 0 Å². The summed E-state index contributed by atoms with van der Waals surface area (Å²) in [4.78, 5) is 0. The van der Waals surface area contributed by atoms with E-state index in [2.05, 4.69) is 97.7 Å². The van der Waals surface area contributed by atoms with Crippen LogP contribution in [-0.2, 0) is 12.3 Å². The standard InChI is InChI=1S/C21H23P/c1-22(21-15-9-4-10-16-21,17-19-11-5-2-6-12-19)18-20-13-7-3-8-14-20/h2-16,22H,17-18H2,1H3. The van der Waals surface area contributed by atoms with Crippen LogP contribution in [0.3, 0.4) is 0 Å². The Morgan fingerprint density at radius 1 is 0.545 bits per heavy atom. The molecule has 0 atom stereocenters. The van der Waals surface area contributed by atoms with Crippen molar-refractivity contribution in [3.63, 3.8) is 0 Å². The summed E-state index contributed by atoms with van der Waals surface area (Å²) < 4.78 is 0. The minimum absolute atomic E-state index is 1.19. The Kier molecular flexibility index (Phi) is 4.71. The zero-order chi connectivity index (χ0) is 15.3. The summed E-state index contributed by atoms with van der Waals surface area (Å²) in [6.07, 6.45) is 2.37. The second-order valence-corrected chi connectivity index (χ2v) is 10.7. The van der Waals surface area contributed by atoms with Crippen molar-refractivity contribution in [1.29, 1.82) is 0 Å². The van der Waals surface area contributed by atoms with Crippen LogP contribution in [0.2, 0.25) is 0 Å². The van der Waals surface area contributed by atoms with Gasteiger partial charge in [-0.3, -0.25) is 0 Å². The molecule has 0 aliphatic rings. The Hall–Kier alpha value is -1.91. The monoisotopic (exact) mass is 306 g/mol. The summed E-state index contributed by atoms with van der Waals surface area (Å²) in [5.41, 5.74) is 2.91. The van der Waals surface area contributed by atoms with Crippen LogP contribution in [0.15, 0.2) is 91.0 Å². The van der Waals surface area contributed by atoms with E-state index in [0.717, 1.165) is 0 Å². The molecule has 0 unspecified atom stereocenters. The molecule has 0 radical (unpaired) electrons. The van der Waals surface area contributed by atoms with Crippen molar-refractivity contribution in [2.24, 2.45) is 0 Å². The average Bonchev–Trinajstić information content (AvgIpc) is 2.57. The van der Waals surface area contributed by atoms with Crippen LogP contribution < -0.4 is 5.30 Å². The molecular formula is C21H23P. The molecule has 0 saturated heterocycles. The van der Waals surface area contributed by atoms with Gasteiger partial charge in [-0.2, -0.15) is 0 Å². The first-order valence-corrected chi connectivity index (χ1v) is 10.8. The van der Waals surface area contributed by atoms with Crippen LogP contribution in [0.4, 0.5) is 0 Å². The Morgan fingerprint density at radius 2 is 0.909 bits per heavy atom. The second kappa shape index (κ2) is 6.90. The Labute approximate surface area is 134 Å². The summed E-state index contributed by atoms with van der Waals surface area (Å²) in [7, 11) is -1.61. The van der Waals surface area contributed by atoms with Crippen molar-refractivity contribution in [1.82, 2.24) is 0 Å². The Balaban J connectivity index is 1.95. The molecule has 22 heavy (non-hydrogen) atoms. The van der Waals surface area contributed by atoms with Gasteiger partial charge in [0.05, 0.1) is 0 Å². The molecule has 0 amide bonds. The van der Waals surface area contributed by atoms with Crippen molar-refractivity contribution in [2.75, 3.05) is 6.66 Å². The second-order valence-electron chi connectivity index (χ2n) is 6.25. The normalized spacial score (nSPS) is 12.0. The van der Waals surface area contributed by atoms with Crippen molar-refractivity contribution in [3.8, 4) is 0 Å². The van der Waals surface area contributed by atoms with E-state index in [1.807, 2.05) is 0 Å². The first-order valence-electron chi connectivity index (χ1n) is 7.90. The van der Waals surface area contributed by atoms with Crippen LogP contribution in [-0.4, -0.2) is 6.66 Å². The Morgan fingerprint density at radius 3 is 1.32 bits per heavy atom. The fourth-order valence-electron chi connectivity index (χ4n) is 3.20. The zero-order valence-electron chi connectivity index (χ0n) is 13.1. The van der Waals surface area contributed by atoms with E-state index in [1.165, 1.54) is 23.5 Å². The molecule has 0 aromatic heterocycles. The third-order valence-electron chi connectivity index (χ3n) is 4.34. The third kappa shape index (κ3) is 3.64. The molecular weight excluding hydrogens is 283 g/mol. The summed E-state index contributed by atoms with van der Waals surface area (Å²) in [5.74, 6) is 0. The summed E-state index contributed by atoms with van der Waals surface area (Å²) in [5, 5.41) is 1.54. The number of rotatable bonds is 5. The van der Waals surface area contributed by atoms with E-state index in [0.29, 0.717) is 0 Å². The molecule has 112 valence electrons. The van der Waals surface area contributed by atoms with E-state index in [9.17, 15) is 0 Å². The SMILES string of the molecule is C[PH](Cc1ccccc1)(Cc1ccccc1)c1ccccc1. The first kappa shape index (κ1) is 15.0. The number of hydrogen-bond acceptors (Lipinski definition) is 0. The molecule has 0 saturated carbocycles. The minimum atomic E-state index is -1.61. The molecule has 0 aliphatic heterocycles. The maximum absolute atomic E-state index is 2.52. The van der Waals surface area contributed by atoms with E-state index >= 15 is 0 Å². The fraction of sp³-hybridized carbons (Fsp3) is 0.143. The van der Waals surface area contributed by atoms with Crippen molar-refractivity contribution in [3.05, 3.63) is 102 Å². The van der Waals surface area contributed by atoms with Gasteiger partial charge in [0.25, 0.3) is 0 Å². The van der Waals surface area contributed by atoms with E-state index in [4.69, 9.17) is 0 Å². The third-order valence-corrected chi connectivity index (χ3v) is 8.45. The van der Waals surface area contributed by atoms with Gasteiger partial charge in [0.15, 0.2) is 0 Å². The molecule has 0 aliphatic carbocycles. The van der Waals surface area contributed by atoms with Crippen molar-refractivity contribution in [2.45, 2.75) is 12.3 Å². The molecule has 0 fully saturated rings. The predicted octanol–water partition coefficient (Wildman–Crippen LogP) is 5.09. The van der Waals surface area contributed by atoms with E-state index in [-0.39, 0.29) is 0 Å². The fourth-order valence-corrected chi connectivity index (χ4v) is 7.00. The topological polar surface area (TPSA) is 0 Å². The van der Waals surface area contributed by atoms with Crippen molar-refractivity contribution >= 4 is 12.6 Å². The summed E-state index contributed by atoms with van der Waals surface area (Å²) in [6, 6.07) is 33.0. The number of hydrogen-bond donors (Lipinski definition) is 0. The molecule has 0 nitrogen and oxygen atoms in total. The predicted molar refractivity (Wildman–Crippen MR) is 101 cm³/mol. The van der Waals surface area contributed by atoms with Crippen LogP contribution >= 0.6 is 7.26 Å². The van der Waals surface area contributed by atoms with Gasteiger partial charge in [-0.1, -0.05) is 0 Å². The van der Waals surface area contributed by atoms with Crippen molar-refractivity contribution < 1.29 is 0 Å². The Bertz CT molecular complexity index is 648. The van der Waals surface area contributed by atoms with Crippen LogP contribution in [0.25, 0.3) is 0 Å². The van der Waals surface area contributed by atoms with Gasteiger partial charge in [0.1, 0.15) is 0 Å². The molecule has 3 aromatic carbocycles. The number of benzene rings is 3. The van der Waals surface area contributed by atoms with E-state index < -0.39 is 7.26 Å². The van der Waals surface area contributed by atoms with Crippen LogP contribution in [0, 0.1) is 0 Å². The van der Waals surface area contributed by atoms with Gasteiger partial charge >= 0.3 is 134 Å². The van der Waals surface area contributed by atoms with Gasteiger partial charge in [-0.25, -0.2) is 0 Å². The first-order chi connectivity index (χ1) is 10.8. The molecule has 1 heteroatoms. The van der Waals surface area contributed by atoms with Gasteiger partial charge < -0.3 is 0 Å². The van der Waals surface area contributed by atoms with Gasteiger partial charge in [0.2, 0.25) is 0 Å². The van der Waals surface area contributed by atoms with E-state index in [1.54, 1.807) is 5.30 Å². The van der Waals surface area contributed by atoms with Crippen LogP contribution in [0.5, 0.6) is 0 Å². The molecule has 0 spiro atoms. The molecule has 3 aromatic rings. The molecule has 3 rings (SSSR count). The zero-order valence-corrected chi connectivity index (χ0v) is 14.1. The molecule has 0 N–H and O–H groups in total. The average molecular weight is 306 g/mol. The maximum atomic E-state index is 2.52.